The summed E-state index contributed by atoms with van der Waals surface area (Å²) in [5.41, 5.74) is 0. The van der Waals surface area contributed by atoms with E-state index in [2.05, 4.69) is 5.32 Å². The Morgan fingerprint density at radius 1 is 1.61 bits per heavy atom. The average Bonchev–Trinajstić information content (AvgIpc) is 2.81. The van der Waals surface area contributed by atoms with Gasteiger partial charge in [0, 0.05) is 4.75 Å². The van der Waals surface area contributed by atoms with Crippen molar-refractivity contribution < 1.29 is 19.2 Å². The molecule has 7 nitrogen and oxygen atoms in total. The second-order valence-corrected chi connectivity index (χ2v) is 6.23. The largest absolute Gasteiger partial charge is 0.480 e. The summed E-state index contributed by atoms with van der Waals surface area (Å²) in [7, 11) is 0. The third kappa shape index (κ3) is 2.21. The van der Waals surface area contributed by atoms with Crippen molar-refractivity contribution in [1.29, 1.82) is 0 Å². The summed E-state index contributed by atoms with van der Waals surface area (Å²) >= 11 is 1.37. The van der Waals surface area contributed by atoms with Crippen LogP contribution in [0.4, 0.5) is 5.88 Å². The predicted octanol–water partition coefficient (Wildman–Crippen LogP) is 1.75. The first kappa shape index (κ1) is 12.9. The number of nitrogens with zero attached hydrogens (tertiary/aromatic N) is 1. The van der Waals surface area contributed by atoms with E-state index in [1.165, 1.54) is 23.9 Å². The highest BCUT2D eigenvalue weighted by Crippen LogP contribution is 2.46. The number of carbonyl (C=O) groups is 1. The summed E-state index contributed by atoms with van der Waals surface area (Å²) in [4.78, 5) is 21.0. The van der Waals surface area contributed by atoms with Crippen molar-refractivity contribution in [2.45, 2.75) is 30.0 Å². The Morgan fingerprint density at radius 3 is 2.72 bits per heavy atom. The first-order valence-electron chi connectivity index (χ1n) is 5.22. The van der Waals surface area contributed by atoms with E-state index in [-0.39, 0.29) is 5.88 Å². The Bertz CT molecular complexity index is 498. The van der Waals surface area contributed by atoms with Crippen LogP contribution in [0.2, 0.25) is 0 Å². The van der Waals surface area contributed by atoms with Crippen molar-refractivity contribution in [2.75, 3.05) is 0 Å². The molecule has 1 aromatic rings. The first-order chi connectivity index (χ1) is 8.31. The number of carboxylic acid groups (broad SMARTS) is 1. The molecule has 2 heterocycles. The fourth-order valence-electron chi connectivity index (χ4n) is 1.85. The van der Waals surface area contributed by atoms with E-state index in [1.54, 1.807) is 13.8 Å². The molecule has 0 aliphatic carbocycles. The smallest absolute Gasteiger partial charge is 0.433 e. The standard InChI is InChI=1S/C10H12N2O5S/c1-10(2)7(9(13)14)11-8(18-10)5-3-4-6(17-5)12(15)16/h3-4,7-8,11H,1-2H3,(H,13,14). The van der Waals surface area contributed by atoms with Gasteiger partial charge in [0.05, 0.1) is 6.07 Å². The SMILES string of the molecule is CC1(C)SC(c2ccc([N+](=O)[O-])o2)NC1C(=O)O. The minimum Gasteiger partial charge on any atom is -0.480 e. The minimum atomic E-state index is -0.948. The van der Waals surface area contributed by atoms with Crippen molar-refractivity contribution >= 4 is 23.6 Å². The van der Waals surface area contributed by atoms with Crippen molar-refractivity contribution in [2.24, 2.45) is 0 Å². The average molecular weight is 272 g/mol. The second kappa shape index (κ2) is 4.29. The molecule has 2 atom stereocenters. The molecular weight excluding hydrogens is 260 g/mol. The monoisotopic (exact) mass is 272 g/mol. The van der Waals surface area contributed by atoms with Crippen LogP contribution >= 0.6 is 11.8 Å². The van der Waals surface area contributed by atoms with Gasteiger partial charge in [0.25, 0.3) is 0 Å². The van der Waals surface area contributed by atoms with Gasteiger partial charge in [-0.15, -0.1) is 11.8 Å². The number of nitrogens with one attached hydrogen (secondary N) is 1. The van der Waals surface area contributed by atoms with E-state index >= 15 is 0 Å². The molecule has 0 amide bonds. The Balaban J connectivity index is 2.21. The van der Waals surface area contributed by atoms with Crippen LogP contribution in [0.1, 0.15) is 25.0 Å². The van der Waals surface area contributed by atoms with E-state index in [1.807, 2.05) is 0 Å². The van der Waals surface area contributed by atoms with Crippen molar-refractivity contribution in [3.05, 3.63) is 28.0 Å². The molecule has 0 aromatic carbocycles. The van der Waals surface area contributed by atoms with Gasteiger partial charge in [0.15, 0.2) is 0 Å². The maximum atomic E-state index is 11.1. The number of aliphatic carboxylic acids is 1. The number of carboxylic acids is 1. The van der Waals surface area contributed by atoms with Crippen LogP contribution in [-0.4, -0.2) is 26.8 Å². The quantitative estimate of drug-likeness (QED) is 0.637. The van der Waals surface area contributed by atoms with Gasteiger partial charge in [0.1, 0.15) is 22.1 Å². The number of hydrogen-bond acceptors (Lipinski definition) is 6. The molecule has 1 aliphatic heterocycles. The van der Waals surface area contributed by atoms with Gasteiger partial charge >= 0.3 is 11.9 Å². The summed E-state index contributed by atoms with van der Waals surface area (Å²) in [5.74, 6) is -0.927. The van der Waals surface area contributed by atoms with Crippen LogP contribution in [0.15, 0.2) is 16.5 Å². The molecule has 18 heavy (non-hydrogen) atoms. The van der Waals surface area contributed by atoms with Crippen LogP contribution < -0.4 is 5.32 Å². The maximum Gasteiger partial charge on any atom is 0.433 e. The van der Waals surface area contributed by atoms with Crippen LogP contribution in [-0.2, 0) is 4.79 Å². The van der Waals surface area contributed by atoms with E-state index in [4.69, 9.17) is 9.52 Å². The van der Waals surface area contributed by atoms with E-state index in [9.17, 15) is 14.9 Å². The van der Waals surface area contributed by atoms with Gasteiger partial charge in [-0.2, -0.15) is 0 Å². The molecule has 1 aliphatic rings. The van der Waals surface area contributed by atoms with Crippen molar-refractivity contribution in [3.63, 3.8) is 0 Å². The third-order valence-electron chi connectivity index (χ3n) is 2.73. The Kier molecular flexibility index (Phi) is 3.07. The molecule has 98 valence electrons. The summed E-state index contributed by atoms with van der Waals surface area (Å²) in [6, 6.07) is 2.03. The zero-order chi connectivity index (χ0) is 13.5. The zero-order valence-electron chi connectivity index (χ0n) is 9.75. The van der Waals surface area contributed by atoms with Crippen LogP contribution in [0, 0.1) is 10.1 Å². The Labute approximate surface area is 107 Å². The van der Waals surface area contributed by atoms with Crippen LogP contribution in [0.25, 0.3) is 0 Å². The Hall–Kier alpha value is -1.54. The van der Waals surface area contributed by atoms with Gasteiger partial charge in [-0.3, -0.25) is 20.2 Å². The molecule has 0 spiro atoms. The van der Waals surface area contributed by atoms with Gasteiger partial charge < -0.3 is 9.52 Å². The molecule has 8 heteroatoms. The molecule has 2 rings (SSSR count). The lowest BCUT2D eigenvalue weighted by Gasteiger charge is -2.20. The molecular formula is C10H12N2O5S. The van der Waals surface area contributed by atoms with Gasteiger partial charge in [-0.1, -0.05) is 0 Å². The van der Waals surface area contributed by atoms with Crippen molar-refractivity contribution in [1.82, 2.24) is 5.32 Å². The molecule has 1 saturated heterocycles. The number of furan rings is 1. The Morgan fingerprint density at radius 2 is 2.28 bits per heavy atom. The summed E-state index contributed by atoms with van der Waals surface area (Å²) in [5, 5.41) is 22.1. The molecule has 0 radical (unpaired) electrons. The number of thioether (sulfide) groups is 1. The normalized spacial score (nSPS) is 26.1. The third-order valence-corrected chi connectivity index (χ3v) is 4.18. The summed E-state index contributed by atoms with van der Waals surface area (Å²) in [6.45, 7) is 3.61. The summed E-state index contributed by atoms with van der Waals surface area (Å²) in [6.07, 6.45) is 0. The highest BCUT2D eigenvalue weighted by molar-refractivity contribution is 8.01. The zero-order valence-corrected chi connectivity index (χ0v) is 10.6. The fraction of sp³-hybridized carbons (Fsp3) is 0.500. The second-order valence-electron chi connectivity index (χ2n) is 4.47. The van der Waals surface area contributed by atoms with E-state index in [0.29, 0.717) is 5.76 Å². The van der Waals surface area contributed by atoms with Crippen LogP contribution in [0.3, 0.4) is 0 Å². The highest BCUT2D eigenvalue weighted by atomic mass is 32.2. The van der Waals surface area contributed by atoms with E-state index in [0.717, 1.165) is 0 Å². The molecule has 1 fully saturated rings. The van der Waals surface area contributed by atoms with Crippen molar-refractivity contribution in [3.8, 4) is 0 Å². The lowest BCUT2D eigenvalue weighted by molar-refractivity contribution is -0.402. The fourth-order valence-corrected chi connectivity index (χ4v) is 3.21. The van der Waals surface area contributed by atoms with Crippen LogP contribution in [0.5, 0.6) is 0 Å². The van der Waals surface area contributed by atoms with Gasteiger partial charge in [-0.25, -0.2) is 0 Å². The van der Waals surface area contributed by atoms with E-state index < -0.39 is 27.1 Å². The number of hydrogen-bond donors (Lipinski definition) is 2. The van der Waals surface area contributed by atoms with Gasteiger partial charge in [0.2, 0.25) is 0 Å². The highest BCUT2D eigenvalue weighted by Gasteiger charge is 2.46. The molecule has 0 bridgehead atoms. The number of rotatable bonds is 3. The van der Waals surface area contributed by atoms with Gasteiger partial charge in [-0.05, 0) is 19.9 Å². The summed E-state index contributed by atoms with van der Waals surface area (Å²) < 4.78 is 4.56. The minimum absolute atomic E-state index is 0.344. The lowest BCUT2D eigenvalue weighted by Crippen LogP contribution is -2.43. The number of nitro groups is 1. The maximum absolute atomic E-state index is 11.1. The predicted molar refractivity (Wildman–Crippen MR) is 64.3 cm³/mol. The molecule has 2 N–H and O–H groups in total. The molecule has 2 unspecified atom stereocenters. The molecule has 1 aromatic heterocycles. The first-order valence-corrected chi connectivity index (χ1v) is 6.10. The topological polar surface area (TPSA) is 106 Å². The lowest BCUT2D eigenvalue weighted by atomic mass is 10.0. The molecule has 0 saturated carbocycles.